The van der Waals surface area contributed by atoms with Crippen molar-refractivity contribution in [2.75, 3.05) is 0 Å². The zero-order chi connectivity index (χ0) is 26.5. The van der Waals surface area contributed by atoms with E-state index >= 15 is 0 Å². The molecule has 0 saturated heterocycles. The Morgan fingerprint density at radius 2 is 1.61 bits per heavy atom. The number of nitrogens with zero attached hydrogens (tertiary/aromatic N) is 1. The van der Waals surface area contributed by atoms with Gasteiger partial charge in [0.15, 0.2) is 5.76 Å². The maximum Gasteiger partial charge on any atom is 0.336 e. The number of benzene rings is 3. The van der Waals surface area contributed by atoms with Crippen molar-refractivity contribution in [2.45, 2.75) is 65.0 Å². The molecule has 0 bridgehead atoms. The normalized spacial score (nSPS) is 17.4. The summed E-state index contributed by atoms with van der Waals surface area (Å²) >= 11 is 0. The van der Waals surface area contributed by atoms with Crippen molar-refractivity contribution in [2.24, 2.45) is 0 Å². The molecular formula is C32H33NO5. The Bertz CT molecular complexity index is 1380. The van der Waals surface area contributed by atoms with E-state index in [1.165, 1.54) is 5.56 Å². The molecule has 1 N–H and O–H groups in total. The third kappa shape index (κ3) is 6.04. The number of ether oxygens (including phenoxy) is 2. The van der Waals surface area contributed by atoms with Crippen LogP contribution in [0.2, 0.25) is 0 Å². The Morgan fingerprint density at radius 3 is 2.32 bits per heavy atom. The summed E-state index contributed by atoms with van der Waals surface area (Å²) in [6.45, 7) is 4.50. The summed E-state index contributed by atoms with van der Waals surface area (Å²) in [6.07, 6.45) is 3.70. The third-order valence-corrected chi connectivity index (χ3v) is 7.11. The molecule has 1 aliphatic carbocycles. The van der Waals surface area contributed by atoms with Gasteiger partial charge in [-0.2, -0.15) is 0 Å². The van der Waals surface area contributed by atoms with Crippen LogP contribution in [0.4, 0.5) is 0 Å². The molecule has 1 aliphatic rings. The maximum atomic E-state index is 11.7. The monoisotopic (exact) mass is 511 g/mol. The third-order valence-electron chi connectivity index (χ3n) is 7.11. The van der Waals surface area contributed by atoms with Gasteiger partial charge >= 0.3 is 5.97 Å². The molecule has 5 rings (SSSR count). The zero-order valence-electron chi connectivity index (χ0n) is 21.9. The van der Waals surface area contributed by atoms with E-state index in [1.807, 2.05) is 67.6 Å². The van der Waals surface area contributed by atoms with E-state index in [0.717, 1.165) is 53.8 Å². The molecule has 0 aliphatic heterocycles. The quantitative estimate of drug-likeness (QED) is 0.253. The number of carboxylic acid groups (broad SMARTS) is 1. The van der Waals surface area contributed by atoms with Crippen LogP contribution in [0.3, 0.4) is 0 Å². The first kappa shape index (κ1) is 25.9. The molecule has 1 fully saturated rings. The van der Waals surface area contributed by atoms with Gasteiger partial charge in [0, 0.05) is 11.1 Å². The van der Waals surface area contributed by atoms with Gasteiger partial charge in [0.2, 0.25) is 5.89 Å². The van der Waals surface area contributed by atoms with Crippen LogP contribution < -0.4 is 0 Å². The lowest BCUT2D eigenvalue weighted by molar-refractivity contribution is -0.0562. The Kier molecular flexibility index (Phi) is 8.01. The molecule has 1 saturated carbocycles. The van der Waals surface area contributed by atoms with Crippen molar-refractivity contribution in [3.63, 3.8) is 0 Å². The van der Waals surface area contributed by atoms with E-state index in [0.29, 0.717) is 23.6 Å². The van der Waals surface area contributed by atoms with E-state index in [4.69, 9.17) is 18.9 Å². The SMILES string of the molecule is Cc1ccc(-c2nc(CO[C@H]3CCCC(OCc4cccc(C)c4C(=O)O)C3)c(-c3ccccc3)o2)cc1. The van der Waals surface area contributed by atoms with Gasteiger partial charge in [-0.15, -0.1) is 0 Å². The van der Waals surface area contributed by atoms with Crippen LogP contribution in [0.15, 0.2) is 77.2 Å². The van der Waals surface area contributed by atoms with Crippen molar-refractivity contribution in [3.05, 3.63) is 101 Å². The van der Waals surface area contributed by atoms with Gasteiger partial charge in [0.05, 0.1) is 31.0 Å². The molecule has 1 heterocycles. The topological polar surface area (TPSA) is 81.8 Å². The van der Waals surface area contributed by atoms with Gasteiger partial charge in [-0.25, -0.2) is 9.78 Å². The molecule has 196 valence electrons. The highest BCUT2D eigenvalue weighted by molar-refractivity contribution is 5.91. The Labute approximate surface area is 223 Å². The molecule has 6 heteroatoms. The lowest BCUT2D eigenvalue weighted by Crippen LogP contribution is -2.28. The fourth-order valence-electron chi connectivity index (χ4n) is 5.05. The highest BCUT2D eigenvalue weighted by Gasteiger charge is 2.25. The minimum atomic E-state index is -0.918. The van der Waals surface area contributed by atoms with E-state index < -0.39 is 5.97 Å². The molecule has 38 heavy (non-hydrogen) atoms. The average molecular weight is 512 g/mol. The first-order valence-corrected chi connectivity index (χ1v) is 13.1. The summed E-state index contributed by atoms with van der Waals surface area (Å²) in [6, 6.07) is 23.7. The number of aryl methyl sites for hydroxylation is 2. The number of hydrogen-bond acceptors (Lipinski definition) is 5. The first-order valence-electron chi connectivity index (χ1n) is 13.1. The Morgan fingerprint density at radius 1 is 0.895 bits per heavy atom. The van der Waals surface area contributed by atoms with Crippen LogP contribution in [0.25, 0.3) is 22.8 Å². The second kappa shape index (κ2) is 11.8. The lowest BCUT2D eigenvalue weighted by Gasteiger charge is -2.29. The number of carbonyl (C=O) groups is 1. The largest absolute Gasteiger partial charge is 0.478 e. The predicted molar refractivity (Wildman–Crippen MR) is 146 cm³/mol. The second-order valence-electron chi connectivity index (χ2n) is 9.97. The van der Waals surface area contributed by atoms with E-state index in [1.54, 1.807) is 0 Å². The highest BCUT2D eigenvalue weighted by Crippen LogP contribution is 2.32. The molecule has 4 aromatic rings. The van der Waals surface area contributed by atoms with Gasteiger partial charge < -0.3 is 19.0 Å². The van der Waals surface area contributed by atoms with Crippen molar-refractivity contribution >= 4 is 5.97 Å². The van der Waals surface area contributed by atoms with Crippen molar-refractivity contribution in [1.82, 2.24) is 4.98 Å². The predicted octanol–water partition coefficient (Wildman–Crippen LogP) is 7.37. The summed E-state index contributed by atoms with van der Waals surface area (Å²) in [5.74, 6) is 0.392. The zero-order valence-corrected chi connectivity index (χ0v) is 21.9. The van der Waals surface area contributed by atoms with E-state index in [-0.39, 0.29) is 18.8 Å². The molecular weight excluding hydrogens is 478 g/mol. The summed E-state index contributed by atoms with van der Waals surface area (Å²) in [4.78, 5) is 16.5. The molecule has 2 atom stereocenters. The van der Waals surface area contributed by atoms with Crippen molar-refractivity contribution in [1.29, 1.82) is 0 Å². The number of aromatic nitrogens is 1. The standard InChI is InChI=1S/C32H33NO5/c1-21-14-16-24(17-15-21)31-33-28(30(38-31)23-9-4-3-5-10-23)20-37-27-13-7-12-26(18-27)36-19-25-11-6-8-22(2)29(25)32(34)35/h3-6,8-11,14-17,26-27H,7,12-13,18-20H2,1-2H3,(H,34,35)/t26?,27-/m0/s1. The first-order chi connectivity index (χ1) is 18.5. The molecule has 0 radical (unpaired) electrons. The molecule has 1 aromatic heterocycles. The summed E-state index contributed by atoms with van der Waals surface area (Å²) in [5, 5.41) is 9.61. The number of hydrogen-bond donors (Lipinski definition) is 1. The molecule has 0 amide bonds. The number of rotatable bonds is 9. The number of carboxylic acids is 1. The molecule has 3 aromatic carbocycles. The lowest BCUT2D eigenvalue weighted by atomic mass is 9.94. The van der Waals surface area contributed by atoms with Crippen LogP contribution in [0.1, 0.15) is 58.4 Å². The minimum absolute atomic E-state index is 0.0185. The van der Waals surface area contributed by atoms with Gasteiger partial charge in [-0.05, 0) is 62.8 Å². The summed E-state index contributed by atoms with van der Waals surface area (Å²) in [5.41, 5.74) is 5.65. The number of oxazole rings is 1. The smallest absolute Gasteiger partial charge is 0.336 e. The van der Waals surface area contributed by atoms with Crippen LogP contribution in [0.5, 0.6) is 0 Å². The van der Waals surface area contributed by atoms with Crippen molar-refractivity contribution in [3.8, 4) is 22.8 Å². The molecule has 6 nitrogen and oxygen atoms in total. The molecule has 0 spiro atoms. The van der Waals surface area contributed by atoms with Crippen LogP contribution in [-0.4, -0.2) is 28.3 Å². The average Bonchev–Trinajstić information content (AvgIpc) is 3.36. The number of aromatic carboxylic acids is 1. The maximum absolute atomic E-state index is 11.7. The van der Waals surface area contributed by atoms with E-state index in [9.17, 15) is 9.90 Å². The van der Waals surface area contributed by atoms with Crippen LogP contribution in [-0.2, 0) is 22.7 Å². The highest BCUT2D eigenvalue weighted by atomic mass is 16.5. The van der Waals surface area contributed by atoms with Gasteiger partial charge in [0.25, 0.3) is 0 Å². The van der Waals surface area contributed by atoms with Gasteiger partial charge in [-0.1, -0.05) is 66.2 Å². The second-order valence-corrected chi connectivity index (χ2v) is 9.97. The minimum Gasteiger partial charge on any atom is -0.478 e. The van der Waals surface area contributed by atoms with Gasteiger partial charge in [-0.3, -0.25) is 0 Å². The molecule has 1 unspecified atom stereocenters. The Hall–Kier alpha value is -3.74. The van der Waals surface area contributed by atoms with Gasteiger partial charge in [0.1, 0.15) is 5.69 Å². The summed E-state index contributed by atoms with van der Waals surface area (Å²) < 4.78 is 18.8. The van der Waals surface area contributed by atoms with E-state index in [2.05, 4.69) is 19.1 Å². The van der Waals surface area contributed by atoms with Crippen LogP contribution in [0, 0.1) is 13.8 Å². The fraction of sp³-hybridized carbons (Fsp3) is 0.312. The Balaban J connectivity index is 1.26. The van der Waals surface area contributed by atoms with Crippen LogP contribution >= 0.6 is 0 Å². The van der Waals surface area contributed by atoms with Crippen molar-refractivity contribution < 1.29 is 23.8 Å². The summed E-state index contributed by atoms with van der Waals surface area (Å²) in [7, 11) is 0. The fourth-order valence-corrected chi connectivity index (χ4v) is 5.05.